The minimum Gasteiger partial charge on any atom is -0.347 e. The normalized spacial score (nSPS) is 11.3. The predicted molar refractivity (Wildman–Crippen MR) is 128 cm³/mol. The van der Waals surface area contributed by atoms with E-state index in [4.69, 9.17) is 11.6 Å². The van der Waals surface area contributed by atoms with Crippen molar-refractivity contribution in [2.75, 3.05) is 6.54 Å². The van der Waals surface area contributed by atoms with Crippen LogP contribution in [0.4, 0.5) is 0 Å². The van der Waals surface area contributed by atoms with Gasteiger partial charge in [0.2, 0.25) is 0 Å². The molecule has 0 saturated carbocycles. The fraction of sp³-hybridized carbons (Fsp3) is 0.0400. The lowest BCUT2D eigenvalue weighted by molar-refractivity contribution is -0.117. The molecule has 3 rings (SSSR count). The molecule has 0 aliphatic carbocycles. The molecule has 0 heterocycles. The summed E-state index contributed by atoms with van der Waals surface area (Å²) in [5, 5.41) is 6.21. The van der Waals surface area contributed by atoms with Gasteiger partial charge >= 0.3 is 0 Å². The van der Waals surface area contributed by atoms with Crippen LogP contribution >= 0.6 is 23.4 Å². The number of hydrogen-bond acceptors (Lipinski definition) is 3. The van der Waals surface area contributed by atoms with Gasteiger partial charge in [0.05, 0.1) is 0 Å². The Morgan fingerprint density at radius 3 is 2.03 bits per heavy atom. The quantitative estimate of drug-likeness (QED) is 0.270. The molecule has 156 valence electrons. The van der Waals surface area contributed by atoms with Gasteiger partial charge < -0.3 is 10.6 Å². The van der Waals surface area contributed by atoms with Crippen LogP contribution < -0.4 is 10.6 Å². The van der Waals surface area contributed by atoms with E-state index in [2.05, 4.69) is 17.2 Å². The largest absolute Gasteiger partial charge is 0.347 e. The van der Waals surface area contributed by atoms with Gasteiger partial charge in [-0.1, -0.05) is 78.0 Å². The van der Waals surface area contributed by atoms with Gasteiger partial charge in [0, 0.05) is 26.9 Å². The molecule has 6 heteroatoms. The van der Waals surface area contributed by atoms with Crippen LogP contribution in [-0.2, 0) is 4.79 Å². The molecule has 0 radical (unpaired) electrons. The van der Waals surface area contributed by atoms with Crippen molar-refractivity contribution >= 4 is 40.1 Å². The molecule has 4 nitrogen and oxygen atoms in total. The fourth-order valence-electron chi connectivity index (χ4n) is 2.71. The zero-order valence-electron chi connectivity index (χ0n) is 16.7. The summed E-state index contributed by atoms with van der Waals surface area (Å²) in [4.78, 5) is 27.5. The lowest BCUT2D eigenvalue weighted by atomic mass is 10.1. The van der Waals surface area contributed by atoms with Crippen LogP contribution in [0.3, 0.4) is 0 Å². The first-order chi connectivity index (χ1) is 15.1. The van der Waals surface area contributed by atoms with Crippen molar-refractivity contribution < 1.29 is 9.59 Å². The molecule has 2 amide bonds. The minimum atomic E-state index is -0.399. The summed E-state index contributed by atoms with van der Waals surface area (Å²) in [5.74, 6) is -0.765. The number of carbonyl (C=O) groups excluding carboxylic acids is 2. The second-order valence-corrected chi connectivity index (χ2v) is 7.97. The average molecular weight is 449 g/mol. The van der Waals surface area contributed by atoms with Gasteiger partial charge in [0.25, 0.3) is 11.8 Å². The van der Waals surface area contributed by atoms with Gasteiger partial charge in [-0.2, -0.15) is 0 Å². The van der Waals surface area contributed by atoms with Gasteiger partial charge in [0.15, 0.2) is 0 Å². The summed E-state index contributed by atoms with van der Waals surface area (Å²) in [6.45, 7) is 3.92. The number of thioether (sulfide) groups is 1. The first-order valence-corrected chi connectivity index (χ1v) is 10.8. The Bertz CT molecular complexity index is 1080. The molecule has 0 spiro atoms. The van der Waals surface area contributed by atoms with Gasteiger partial charge in [-0.15, -0.1) is 6.58 Å². The van der Waals surface area contributed by atoms with Crippen molar-refractivity contribution in [1.29, 1.82) is 0 Å². The van der Waals surface area contributed by atoms with Crippen LogP contribution in [0.5, 0.6) is 0 Å². The van der Waals surface area contributed by atoms with Crippen molar-refractivity contribution in [3.05, 3.63) is 119 Å². The van der Waals surface area contributed by atoms with Crippen LogP contribution in [0.2, 0.25) is 5.02 Å². The first-order valence-electron chi connectivity index (χ1n) is 9.57. The molecule has 0 atom stereocenters. The third-order valence-electron chi connectivity index (χ3n) is 4.21. The molecule has 3 aromatic carbocycles. The maximum Gasteiger partial charge on any atom is 0.269 e. The van der Waals surface area contributed by atoms with E-state index in [1.165, 1.54) is 11.8 Å². The molecule has 0 fully saturated rings. The third-order valence-corrected chi connectivity index (χ3v) is 5.61. The van der Waals surface area contributed by atoms with Crippen molar-refractivity contribution in [1.82, 2.24) is 10.6 Å². The highest BCUT2D eigenvalue weighted by atomic mass is 35.5. The molecule has 0 saturated heterocycles. The standard InChI is InChI=1S/C25H21ClN2O2S/c1-2-17-27-25(30)22(28-24(29)19-11-7-4-8-12-19)23(18-9-5-3-6-10-18)31-21-15-13-20(26)14-16-21/h2-16H,1,17H2,(H,27,30)(H,28,29). The summed E-state index contributed by atoms with van der Waals surface area (Å²) >= 11 is 7.40. The number of benzene rings is 3. The molecular weight excluding hydrogens is 428 g/mol. The number of nitrogens with one attached hydrogen (secondary N) is 2. The van der Waals surface area contributed by atoms with Crippen molar-refractivity contribution in [2.45, 2.75) is 4.90 Å². The summed E-state index contributed by atoms with van der Waals surface area (Å²) in [6.07, 6.45) is 1.59. The Morgan fingerprint density at radius 1 is 0.871 bits per heavy atom. The number of hydrogen-bond donors (Lipinski definition) is 2. The van der Waals surface area contributed by atoms with Crippen LogP contribution in [0, 0.1) is 0 Å². The topological polar surface area (TPSA) is 58.2 Å². The molecule has 0 bridgehead atoms. The van der Waals surface area contributed by atoms with Gasteiger partial charge in [-0.25, -0.2) is 0 Å². The van der Waals surface area contributed by atoms with Crippen LogP contribution in [-0.4, -0.2) is 18.4 Å². The Kier molecular flexibility index (Phi) is 8.10. The van der Waals surface area contributed by atoms with E-state index in [1.807, 2.05) is 48.5 Å². The third kappa shape index (κ3) is 6.35. The molecule has 0 aliphatic rings. The van der Waals surface area contributed by atoms with Crippen LogP contribution in [0.1, 0.15) is 15.9 Å². The van der Waals surface area contributed by atoms with Crippen molar-refractivity contribution in [3.63, 3.8) is 0 Å². The van der Waals surface area contributed by atoms with Crippen LogP contribution in [0.15, 0.2) is 108 Å². The number of halogens is 1. The molecule has 0 unspecified atom stereocenters. The summed E-state index contributed by atoms with van der Waals surface area (Å²) in [5.41, 5.74) is 1.43. The van der Waals surface area contributed by atoms with E-state index in [1.54, 1.807) is 42.5 Å². The summed E-state index contributed by atoms with van der Waals surface area (Å²) < 4.78 is 0. The highest BCUT2D eigenvalue weighted by Gasteiger charge is 2.21. The van der Waals surface area contributed by atoms with Gasteiger partial charge in [-0.3, -0.25) is 9.59 Å². The Hall–Kier alpha value is -3.28. The smallest absolute Gasteiger partial charge is 0.269 e. The first kappa shape index (κ1) is 22.4. The predicted octanol–water partition coefficient (Wildman–Crippen LogP) is 5.53. The number of rotatable bonds is 8. The minimum absolute atomic E-state index is 0.168. The van der Waals surface area contributed by atoms with E-state index in [9.17, 15) is 9.59 Å². The van der Waals surface area contributed by atoms with E-state index in [-0.39, 0.29) is 18.1 Å². The molecular formula is C25H21ClN2O2S. The van der Waals surface area contributed by atoms with E-state index in [0.717, 1.165) is 10.5 Å². The highest BCUT2D eigenvalue weighted by molar-refractivity contribution is 8.08. The zero-order chi connectivity index (χ0) is 22.1. The second kappa shape index (κ2) is 11.2. The molecule has 31 heavy (non-hydrogen) atoms. The van der Waals surface area contributed by atoms with Gasteiger partial charge in [0.1, 0.15) is 5.70 Å². The Balaban J connectivity index is 2.08. The second-order valence-electron chi connectivity index (χ2n) is 6.44. The molecule has 3 aromatic rings. The molecule has 2 N–H and O–H groups in total. The molecule has 0 aromatic heterocycles. The fourth-order valence-corrected chi connectivity index (χ4v) is 3.84. The van der Waals surface area contributed by atoms with E-state index < -0.39 is 5.91 Å². The Labute approximate surface area is 191 Å². The highest BCUT2D eigenvalue weighted by Crippen LogP contribution is 2.36. The summed E-state index contributed by atoms with van der Waals surface area (Å²) in [6, 6.07) is 25.5. The molecule has 0 aliphatic heterocycles. The SMILES string of the molecule is C=CCNC(=O)C(NC(=O)c1ccccc1)=C(Sc1ccc(Cl)cc1)c1ccccc1. The maximum atomic E-state index is 13.1. The lowest BCUT2D eigenvalue weighted by Crippen LogP contribution is -2.35. The summed E-state index contributed by atoms with van der Waals surface area (Å²) in [7, 11) is 0. The van der Waals surface area contributed by atoms with Crippen molar-refractivity contribution in [2.24, 2.45) is 0 Å². The van der Waals surface area contributed by atoms with Gasteiger partial charge in [-0.05, 0) is 42.0 Å². The zero-order valence-corrected chi connectivity index (χ0v) is 18.2. The Morgan fingerprint density at radius 2 is 1.45 bits per heavy atom. The lowest BCUT2D eigenvalue weighted by Gasteiger charge is -2.16. The van der Waals surface area contributed by atoms with E-state index >= 15 is 0 Å². The number of carbonyl (C=O) groups is 2. The number of amides is 2. The van der Waals surface area contributed by atoms with Crippen molar-refractivity contribution in [3.8, 4) is 0 Å². The van der Waals surface area contributed by atoms with E-state index in [0.29, 0.717) is 15.5 Å². The maximum absolute atomic E-state index is 13.1. The monoisotopic (exact) mass is 448 g/mol. The van der Waals surface area contributed by atoms with Crippen LogP contribution in [0.25, 0.3) is 4.91 Å². The average Bonchev–Trinajstić information content (AvgIpc) is 2.82.